The van der Waals surface area contributed by atoms with E-state index >= 15 is 0 Å². The molecule has 0 spiro atoms. The van der Waals surface area contributed by atoms with Gasteiger partial charge in [0.15, 0.2) is 0 Å². The lowest BCUT2D eigenvalue weighted by Crippen LogP contribution is -2.26. The quantitative estimate of drug-likeness (QED) is 0.497. The average Bonchev–Trinajstić information content (AvgIpc) is 2.08. The lowest BCUT2D eigenvalue weighted by Gasteiger charge is -2.20. The van der Waals surface area contributed by atoms with Gasteiger partial charge in [-0.2, -0.15) is 0 Å². The number of ketones is 1. The van der Waals surface area contributed by atoms with E-state index in [0.29, 0.717) is 12.8 Å². The second-order valence-corrected chi connectivity index (χ2v) is 3.78. The van der Waals surface area contributed by atoms with E-state index in [1.165, 1.54) is 0 Å². The lowest BCUT2D eigenvalue weighted by atomic mass is 9.84. The van der Waals surface area contributed by atoms with Crippen molar-refractivity contribution in [1.82, 2.24) is 0 Å². The summed E-state index contributed by atoms with van der Waals surface area (Å²) in [7, 11) is 0. The summed E-state index contributed by atoms with van der Waals surface area (Å²) < 4.78 is 0. The molecule has 0 aromatic rings. The minimum Gasteiger partial charge on any atom is -0.299 e. The first-order valence-electron chi connectivity index (χ1n) is 4.77. The Morgan fingerprint density at radius 3 is 2.85 bits per heavy atom. The second kappa shape index (κ2) is 4.35. The van der Waals surface area contributed by atoms with Crippen molar-refractivity contribution in [2.24, 2.45) is 5.92 Å². The fraction of sp³-hybridized carbons (Fsp3) is 0.889. The third-order valence-electron chi connectivity index (χ3n) is 2.67. The predicted molar refractivity (Wildman–Crippen MR) is 48.0 cm³/mol. The van der Waals surface area contributed by atoms with Gasteiger partial charge in [0.2, 0.25) is 6.04 Å². The minimum absolute atomic E-state index is 0.0471. The SMILES string of the molecule is C[C@H](C[C@H]1CCCCC1=O)[N+](=O)[O-]. The molecule has 74 valence electrons. The molecule has 4 heteroatoms. The van der Waals surface area contributed by atoms with Gasteiger partial charge in [-0.3, -0.25) is 14.9 Å². The van der Waals surface area contributed by atoms with E-state index in [1.54, 1.807) is 6.92 Å². The molecule has 0 unspecified atom stereocenters. The Kier molecular flexibility index (Phi) is 3.39. The van der Waals surface area contributed by atoms with Gasteiger partial charge in [-0.1, -0.05) is 6.42 Å². The van der Waals surface area contributed by atoms with Crippen LogP contribution in [0.2, 0.25) is 0 Å². The van der Waals surface area contributed by atoms with Gasteiger partial charge in [0.1, 0.15) is 5.78 Å². The van der Waals surface area contributed by atoms with E-state index in [-0.39, 0.29) is 16.6 Å². The van der Waals surface area contributed by atoms with Crippen molar-refractivity contribution in [3.8, 4) is 0 Å². The molecule has 0 aromatic heterocycles. The fourth-order valence-corrected chi connectivity index (χ4v) is 1.80. The zero-order valence-corrected chi connectivity index (χ0v) is 7.86. The summed E-state index contributed by atoms with van der Waals surface area (Å²) in [6.07, 6.45) is 3.89. The number of rotatable bonds is 3. The summed E-state index contributed by atoms with van der Waals surface area (Å²) in [5.74, 6) is 0.175. The van der Waals surface area contributed by atoms with E-state index in [4.69, 9.17) is 0 Å². The average molecular weight is 185 g/mol. The normalized spacial score (nSPS) is 25.6. The molecule has 1 aliphatic rings. The van der Waals surface area contributed by atoms with Crippen molar-refractivity contribution in [1.29, 1.82) is 0 Å². The number of nitrogens with zero attached hydrogens (tertiary/aromatic N) is 1. The van der Waals surface area contributed by atoms with Crippen LogP contribution in [0.25, 0.3) is 0 Å². The van der Waals surface area contributed by atoms with E-state index in [2.05, 4.69) is 0 Å². The molecule has 0 heterocycles. The van der Waals surface area contributed by atoms with Crippen LogP contribution in [0.5, 0.6) is 0 Å². The first-order chi connectivity index (χ1) is 6.11. The van der Waals surface area contributed by atoms with Crippen LogP contribution in [0.15, 0.2) is 0 Å². The number of carbonyl (C=O) groups is 1. The molecule has 0 amide bonds. The zero-order valence-electron chi connectivity index (χ0n) is 7.86. The first-order valence-corrected chi connectivity index (χ1v) is 4.77. The van der Waals surface area contributed by atoms with Crippen LogP contribution in [-0.2, 0) is 4.79 Å². The van der Waals surface area contributed by atoms with Crippen LogP contribution in [0.3, 0.4) is 0 Å². The first kappa shape index (κ1) is 10.2. The van der Waals surface area contributed by atoms with Crippen LogP contribution in [0.1, 0.15) is 39.0 Å². The van der Waals surface area contributed by atoms with Crippen molar-refractivity contribution in [2.75, 3.05) is 0 Å². The van der Waals surface area contributed by atoms with E-state index in [9.17, 15) is 14.9 Å². The monoisotopic (exact) mass is 185 g/mol. The topological polar surface area (TPSA) is 60.2 Å². The van der Waals surface area contributed by atoms with Crippen molar-refractivity contribution >= 4 is 5.78 Å². The lowest BCUT2D eigenvalue weighted by molar-refractivity contribution is -0.519. The molecule has 1 rings (SSSR count). The number of hydrogen-bond donors (Lipinski definition) is 0. The molecule has 0 aliphatic heterocycles. The van der Waals surface area contributed by atoms with Crippen LogP contribution in [0, 0.1) is 16.0 Å². The van der Waals surface area contributed by atoms with Gasteiger partial charge in [0.05, 0.1) is 0 Å². The highest BCUT2D eigenvalue weighted by atomic mass is 16.6. The van der Waals surface area contributed by atoms with Gasteiger partial charge in [0, 0.05) is 30.6 Å². The number of nitro groups is 1. The predicted octanol–water partition coefficient (Wildman–Crippen LogP) is 1.80. The van der Waals surface area contributed by atoms with E-state index < -0.39 is 6.04 Å². The maximum absolute atomic E-state index is 11.3. The Balaban J connectivity index is 2.42. The Morgan fingerprint density at radius 2 is 2.31 bits per heavy atom. The summed E-state index contributed by atoms with van der Waals surface area (Å²) in [6.45, 7) is 1.57. The summed E-state index contributed by atoms with van der Waals surface area (Å²) >= 11 is 0. The van der Waals surface area contributed by atoms with Crippen molar-refractivity contribution in [3.05, 3.63) is 10.1 Å². The Bertz CT molecular complexity index is 215. The molecule has 0 aromatic carbocycles. The molecule has 13 heavy (non-hydrogen) atoms. The van der Waals surface area contributed by atoms with Crippen LogP contribution in [-0.4, -0.2) is 16.7 Å². The molecular weight excluding hydrogens is 170 g/mol. The minimum atomic E-state index is -0.577. The van der Waals surface area contributed by atoms with E-state index in [0.717, 1.165) is 19.3 Å². The Hall–Kier alpha value is -0.930. The molecule has 1 aliphatic carbocycles. The standard InChI is InChI=1S/C9H15NO3/c1-7(10(12)13)6-8-4-2-3-5-9(8)11/h7-8H,2-6H2,1H3/t7-,8-/m1/s1. The van der Waals surface area contributed by atoms with E-state index in [1.807, 2.05) is 0 Å². The van der Waals surface area contributed by atoms with Gasteiger partial charge in [-0.15, -0.1) is 0 Å². The van der Waals surface area contributed by atoms with Crippen molar-refractivity contribution in [3.63, 3.8) is 0 Å². The second-order valence-electron chi connectivity index (χ2n) is 3.78. The highest BCUT2D eigenvalue weighted by Crippen LogP contribution is 2.24. The summed E-state index contributed by atoms with van der Waals surface area (Å²) in [5, 5.41) is 10.4. The molecule has 2 atom stereocenters. The van der Waals surface area contributed by atoms with Gasteiger partial charge >= 0.3 is 0 Å². The number of Topliss-reactive ketones (excluding diaryl/α,β-unsaturated/α-hetero) is 1. The molecule has 1 fully saturated rings. The molecule has 0 radical (unpaired) electrons. The third-order valence-corrected chi connectivity index (χ3v) is 2.67. The highest BCUT2D eigenvalue weighted by Gasteiger charge is 2.27. The van der Waals surface area contributed by atoms with Crippen LogP contribution >= 0.6 is 0 Å². The van der Waals surface area contributed by atoms with Crippen molar-refractivity contribution in [2.45, 2.75) is 45.1 Å². The summed E-state index contributed by atoms with van der Waals surface area (Å²) in [5.41, 5.74) is 0. The number of hydrogen-bond acceptors (Lipinski definition) is 3. The van der Waals surface area contributed by atoms with Gasteiger partial charge in [-0.05, 0) is 12.8 Å². The molecule has 0 saturated heterocycles. The molecule has 0 N–H and O–H groups in total. The zero-order chi connectivity index (χ0) is 9.84. The fourth-order valence-electron chi connectivity index (χ4n) is 1.80. The maximum atomic E-state index is 11.3. The van der Waals surface area contributed by atoms with Crippen LogP contribution in [0.4, 0.5) is 0 Å². The summed E-state index contributed by atoms with van der Waals surface area (Å²) in [4.78, 5) is 21.4. The molecule has 1 saturated carbocycles. The Labute approximate surface area is 77.5 Å². The molecular formula is C9H15NO3. The van der Waals surface area contributed by atoms with Gasteiger partial charge in [0.25, 0.3) is 0 Å². The van der Waals surface area contributed by atoms with Crippen LogP contribution < -0.4 is 0 Å². The largest absolute Gasteiger partial charge is 0.299 e. The third kappa shape index (κ3) is 2.79. The maximum Gasteiger partial charge on any atom is 0.211 e. The molecule has 4 nitrogen and oxygen atoms in total. The van der Waals surface area contributed by atoms with Crippen molar-refractivity contribution < 1.29 is 9.72 Å². The molecule has 0 bridgehead atoms. The highest BCUT2D eigenvalue weighted by molar-refractivity contribution is 5.81. The van der Waals surface area contributed by atoms with Gasteiger partial charge < -0.3 is 0 Å². The smallest absolute Gasteiger partial charge is 0.211 e. The Morgan fingerprint density at radius 1 is 1.62 bits per heavy atom. The number of carbonyl (C=O) groups excluding carboxylic acids is 1. The van der Waals surface area contributed by atoms with Gasteiger partial charge in [-0.25, -0.2) is 0 Å². The summed E-state index contributed by atoms with van der Waals surface area (Å²) in [6, 6.07) is -0.577.